The highest BCUT2D eigenvalue weighted by atomic mass is 79.9. The van der Waals surface area contributed by atoms with E-state index in [1.807, 2.05) is 36.4 Å². The summed E-state index contributed by atoms with van der Waals surface area (Å²) in [5.74, 6) is 1.72. The fourth-order valence-corrected chi connectivity index (χ4v) is 2.14. The third-order valence-corrected chi connectivity index (χ3v) is 3.18. The lowest BCUT2D eigenvalue weighted by Gasteiger charge is -2.11. The van der Waals surface area contributed by atoms with Crippen molar-refractivity contribution in [1.82, 2.24) is 0 Å². The monoisotopic (exact) mass is 305 g/mol. The summed E-state index contributed by atoms with van der Waals surface area (Å²) in [6, 6.07) is 14.0. The molecule has 18 heavy (non-hydrogen) atoms. The second-order valence-electron chi connectivity index (χ2n) is 4.21. The predicted octanol–water partition coefficient (Wildman–Crippen LogP) is 4.05. The summed E-state index contributed by atoms with van der Waals surface area (Å²) in [5.41, 5.74) is 7.96. The summed E-state index contributed by atoms with van der Waals surface area (Å²) in [5, 5.41) is 0. The van der Waals surface area contributed by atoms with E-state index in [-0.39, 0.29) is 0 Å². The number of benzene rings is 2. The number of nitrogens with two attached hydrogens (primary N) is 1. The Labute approximate surface area is 116 Å². The third-order valence-electron chi connectivity index (χ3n) is 2.69. The van der Waals surface area contributed by atoms with Crippen LogP contribution in [0.25, 0.3) is 0 Å². The molecular weight excluding hydrogens is 290 g/mol. The van der Waals surface area contributed by atoms with E-state index >= 15 is 0 Å². The normalized spacial score (nSPS) is 10.4. The Balaban J connectivity index is 2.25. The second-order valence-corrected chi connectivity index (χ2v) is 5.12. The van der Waals surface area contributed by atoms with E-state index in [1.54, 1.807) is 0 Å². The van der Waals surface area contributed by atoms with Gasteiger partial charge in [0.2, 0.25) is 0 Å². The average Bonchev–Trinajstić information content (AvgIpc) is 2.36. The minimum atomic E-state index is 0.612. The van der Waals surface area contributed by atoms with Gasteiger partial charge in [0.15, 0.2) is 0 Å². The van der Waals surface area contributed by atoms with Crippen molar-refractivity contribution in [2.24, 2.45) is 5.73 Å². The van der Waals surface area contributed by atoms with Crippen molar-refractivity contribution in [3.8, 4) is 11.5 Å². The Morgan fingerprint density at radius 3 is 2.50 bits per heavy atom. The van der Waals surface area contributed by atoms with Crippen molar-refractivity contribution in [3.63, 3.8) is 0 Å². The highest BCUT2D eigenvalue weighted by molar-refractivity contribution is 9.10. The maximum Gasteiger partial charge on any atom is 0.130 e. The molecule has 94 valence electrons. The quantitative estimate of drug-likeness (QED) is 0.925. The summed E-state index contributed by atoms with van der Waals surface area (Å²) < 4.78 is 6.94. The zero-order valence-electron chi connectivity index (χ0n) is 10.3. The van der Waals surface area contributed by atoms with E-state index < -0.39 is 0 Å². The summed E-state index contributed by atoms with van der Waals surface area (Å²) in [6.07, 6.45) is 0.806. The van der Waals surface area contributed by atoms with Crippen LogP contribution < -0.4 is 10.5 Å². The number of hydrogen-bond acceptors (Lipinski definition) is 2. The van der Waals surface area contributed by atoms with Gasteiger partial charge in [-0.05, 0) is 55.8 Å². The molecule has 0 spiro atoms. The molecule has 0 saturated heterocycles. The number of hydrogen-bond donors (Lipinski definition) is 1. The molecule has 0 saturated carbocycles. The van der Waals surface area contributed by atoms with Gasteiger partial charge in [-0.15, -0.1) is 0 Å². The van der Waals surface area contributed by atoms with Gasteiger partial charge in [-0.2, -0.15) is 0 Å². The van der Waals surface area contributed by atoms with Crippen LogP contribution in [0.2, 0.25) is 0 Å². The molecule has 0 fully saturated rings. The molecule has 0 amide bonds. The Morgan fingerprint density at radius 1 is 1.11 bits per heavy atom. The van der Waals surface area contributed by atoms with Crippen LogP contribution in [0.3, 0.4) is 0 Å². The molecule has 0 aliphatic carbocycles. The third kappa shape index (κ3) is 3.34. The highest BCUT2D eigenvalue weighted by Crippen LogP contribution is 2.28. The van der Waals surface area contributed by atoms with E-state index in [0.717, 1.165) is 28.0 Å². The van der Waals surface area contributed by atoms with Gasteiger partial charge >= 0.3 is 0 Å². The zero-order valence-corrected chi connectivity index (χ0v) is 11.9. The molecule has 2 aromatic rings. The largest absolute Gasteiger partial charge is 0.457 e. The van der Waals surface area contributed by atoms with Gasteiger partial charge in [0.05, 0.1) is 0 Å². The molecule has 0 aliphatic heterocycles. The van der Waals surface area contributed by atoms with Crippen LogP contribution in [-0.2, 0) is 6.42 Å². The zero-order chi connectivity index (χ0) is 13.0. The molecule has 2 rings (SSSR count). The topological polar surface area (TPSA) is 35.2 Å². The molecule has 3 heteroatoms. The van der Waals surface area contributed by atoms with E-state index in [0.29, 0.717) is 6.54 Å². The Kier molecular flexibility index (Phi) is 4.39. The molecule has 0 aliphatic rings. The van der Waals surface area contributed by atoms with E-state index in [2.05, 4.69) is 28.9 Å². The van der Waals surface area contributed by atoms with Crippen molar-refractivity contribution in [1.29, 1.82) is 0 Å². The van der Waals surface area contributed by atoms with Gasteiger partial charge < -0.3 is 10.5 Å². The molecule has 0 bridgehead atoms. The molecule has 0 aromatic heterocycles. The van der Waals surface area contributed by atoms with E-state index in [9.17, 15) is 0 Å². The van der Waals surface area contributed by atoms with Gasteiger partial charge in [-0.1, -0.05) is 33.6 Å². The molecule has 0 radical (unpaired) electrons. The first-order valence-corrected chi connectivity index (χ1v) is 6.71. The Hall–Kier alpha value is -1.32. The molecular formula is C15H16BrNO. The van der Waals surface area contributed by atoms with Crippen LogP contribution in [0.15, 0.2) is 46.9 Å². The fourth-order valence-electron chi connectivity index (χ4n) is 1.73. The second kappa shape index (κ2) is 6.03. The highest BCUT2D eigenvalue weighted by Gasteiger charge is 2.05. The minimum Gasteiger partial charge on any atom is -0.457 e. The first kappa shape index (κ1) is 13.1. The van der Waals surface area contributed by atoms with Crippen molar-refractivity contribution in [2.75, 3.05) is 6.54 Å². The first-order valence-electron chi connectivity index (χ1n) is 5.92. The lowest BCUT2D eigenvalue weighted by atomic mass is 10.1. The van der Waals surface area contributed by atoms with E-state index in [4.69, 9.17) is 10.5 Å². The van der Waals surface area contributed by atoms with Gasteiger partial charge in [-0.3, -0.25) is 0 Å². The summed E-state index contributed by atoms with van der Waals surface area (Å²) >= 11 is 3.46. The summed E-state index contributed by atoms with van der Waals surface area (Å²) in [4.78, 5) is 0. The number of halogens is 1. The van der Waals surface area contributed by atoms with Crippen molar-refractivity contribution in [2.45, 2.75) is 13.3 Å². The fraction of sp³-hybridized carbons (Fsp3) is 0.200. The summed E-state index contributed by atoms with van der Waals surface area (Å²) in [6.45, 7) is 2.67. The average molecular weight is 306 g/mol. The van der Waals surface area contributed by atoms with Crippen molar-refractivity contribution >= 4 is 15.9 Å². The molecule has 2 aromatic carbocycles. The lowest BCUT2D eigenvalue weighted by Crippen LogP contribution is -2.04. The Bertz CT molecular complexity index is 523. The Morgan fingerprint density at radius 2 is 1.83 bits per heavy atom. The van der Waals surface area contributed by atoms with Crippen LogP contribution in [0, 0.1) is 6.92 Å². The number of aryl methyl sites for hydroxylation is 1. The predicted molar refractivity (Wildman–Crippen MR) is 78.2 cm³/mol. The molecule has 0 heterocycles. The minimum absolute atomic E-state index is 0.612. The van der Waals surface area contributed by atoms with Crippen LogP contribution in [0.5, 0.6) is 11.5 Å². The van der Waals surface area contributed by atoms with Crippen molar-refractivity contribution in [3.05, 3.63) is 58.1 Å². The maximum atomic E-state index is 5.90. The van der Waals surface area contributed by atoms with Gasteiger partial charge in [-0.25, -0.2) is 0 Å². The van der Waals surface area contributed by atoms with E-state index in [1.165, 1.54) is 5.56 Å². The van der Waals surface area contributed by atoms with Gasteiger partial charge in [0, 0.05) is 4.47 Å². The molecule has 0 unspecified atom stereocenters. The SMILES string of the molecule is Cc1ccc(Oc2ccc(Br)cc2CCN)cc1. The number of rotatable bonds is 4. The maximum absolute atomic E-state index is 5.90. The molecule has 0 atom stereocenters. The molecule has 2 nitrogen and oxygen atoms in total. The van der Waals surface area contributed by atoms with Crippen LogP contribution in [0.4, 0.5) is 0 Å². The van der Waals surface area contributed by atoms with Crippen LogP contribution in [-0.4, -0.2) is 6.54 Å². The number of ether oxygens (including phenoxy) is 1. The molecule has 2 N–H and O–H groups in total. The van der Waals surface area contributed by atoms with Gasteiger partial charge in [0.1, 0.15) is 11.5 Å². The first-order chi connectivity index (χ1) is 8.69. The lowest BCUT2D eigenvalue weighted by molar-refractivity contribution is 0.476. The summed E-state index contributed by atoms with van der Waals surface area (Å²) in [7, 11) is 0. The van der Waals surface area contributed by atoms with Crippen molar-refractivity contribution < 1.29 is 4.74 Å². The standard InChI is InChI=1S/C15H16BrNO/c1-11-2-5-14(6-3-11)18-15-7-4-13(16)10-12(15)8-9-17/h2-7,10H,8-9,17H2,1H3. The van der Waals surface area contributed by atoms with Crippen LogP contribution in [0.1, 0.15) is 11.1 Å². The van der Waals surface area contributed by atoms with Crippen LogP contribution >= 0.6 is 15.9 Å². The smallest absolute Gasteiger partial charge is 0.130 e. The van der Waals surface area contributed by atoms with Gasteiger partial charge in [0.25, 0.3) is 0 Å².